The molecule has 1 fully saturated rings. The van der Waals surface area contributed by atoms with E-state index in [2.05, 4.69) is 43.0 Å². The Hall–Kier alpha value is -0.900. The number of ether oxygens (including phenoxy) is 1. The Balaban J connectivity index is 1.94. The zero-order chi connectivity index (χ0) is 14.4. The molecular weight excluding hydrogens is 248 g/mol. The summed E-state index contributed by atoms with van der Waals surface area (Å²) in [5.41, 5.74) is 9.03. The second kappa shape index (κ2) is 7.77. The van der Waals surface area contributed by atoms with Crippen LogP contribution in [0.3, 0.4) is 0 Å². The molecule has 3 heteroatoms. The Kier molecular flexibility index (Phi) is 6.02. The van der Waals surface area contributed by atoms with Crippen LogP contribution in [-0.2, 0) is 11.2 Å². The Labute approximate surface area is 123 Å². The first kappa shape index (κ1) is 15.5. The summed E-state index contributed by atoms with van der Waals surface area (Å²) >= 11 is 0. The van der Waals surface area contributed by atoms with E-state index in [1.54, 1.807) is 0 Å². The van der Waals surface area contributed by atoms with E-state index in [0.29, 0.717) is 6.04 Å². The summed E-state index contributed by atoms with van der Waals surface area (Å²) in [4.78, 5) is 2.48. The van der Waals surface area contributed by atoms with Gasteiger partial charge in [-0.3, -0.25) is 4.90 Å². The van der Waals surface area contributed by atoms with Gasteiger partial charge in [0.25, 0.3) is 0 Å². The lowest BCUT2D eigenvalue weighted by Gasteiger charge is -2.36. The van der Waals surface area contributed by atoms with Gasteiger partial charge < -0.3 is 10.5 Å². The Morgan fingerprint density at radius 2 is 2.05 bits per heavy atom. The van der Waals surface area contributed by atoms with E-state index in [-0.39, 0.29) is 6.04 Å². The lowest BCUT2D eigenvalue weighted by Crippen LogP contribution is -2.47. The van der Waals surface area contributed by atoms with Crippen LogP contribution in [0.5, 0.6) is 0 Å². The minimum absolute atomic E-state index is 0.0952. The first-order chi connectivity index (χ1) is 9.74. The van der Waals surface area contributed by atoms with Crippen LogP contribution in [0.1, 0.15) is 43.9 Å². The van der Waals surface area contributed by atoms with Crippen molar-refractivity contribution in [3.05, 3.63) is 35.4 Å². The van der Waals surface area contributed by atoms with Gasteiger partial charge in [0, 0.05) is 25.2 Å². The van der Waals surface area contributed by atoms with Crippen molar-refractivity contribution < 1.29 is 4.74 Å². The molecule has 1 aromatic carbocycles. The van der Waals surface area contributed by atoms with Crippen LogP contribution in [-0.4, -0.2) is 37.2 Å². The number of nitrogens with two attached hydrogens (primary N) is 1. The van der Waals surface area contributed by atoms with Crippen LogP contribution >= 0.6 is 0 Å². The van der Waals surface area contributed by atoms with Crippen LogP contribution in [0.4, 0.5) is 0 Å². The summed E-state index contributed by atoms with van der Waals surface area (Å²) in [6.07, 6.45) is 3.47. The highest BCUT2D eigenvalue weighted by Crippen LogP contribution is 2.18. The van der Waals surface area contributed by atoms with E-state index in [0.717, 1.165) is 39.1 Å². The average Bonchev–Trinajstić information content (AvgIpc) is 2.49. The van der Waals surface area contributed by atoms with Crippen molar-refractivity contribution in [1.29, 1.82) is 0 Å². The van der Waals surface area contributed by atoms with Crippen molar-refractivity contribution in [1.82, 2.24) is 4.90 Å². The summed E-state index contributed by atoms with van der Waals surface area (Å²) in [5.74, 6) is 0. The molecule has 1 heterocycles. The van der Waals surface area contributed by atoms with Gasteiger partial charge >= 0.3 is 0 Å². The highest BCUT2D eigenvalue weighted by Gasteiger charge is 2.23. The lowest BCUT2D eigenvalue weighted by molar-refractivity contribution is -0.0110. The Morgan fingerprint density at radius 1 is 1.30 bits per heavy atom. The molecule has 0 amide bonds. The molecule has 0 radical (unpaired) electrons. The maximum Gasteiger partial charge on any atom is 0.0622 e. The second-order valence-electron chi connectivity index (χ2n) is 5.73. The summed E-state index contributed by atoms with van der Waals surface area (Å²) in [5, 5.41) is 0. The van der Waals surface area contributed by atoms with Crippen molar-refractivity contribution in [2.24, 2.45) is 5.73 Å². The molecule has 3 nitrogen and oxygen atoms in total. The molecule has 2 N–H and O–H groups in total. The number of hydrogen-bond acceptors (Lipinski definition) is 3. The maximum atomic E-state index is 6.38. The minimum atomic E-state index is 0.0952. The van der Waals surface area contributed by atoms with E-state index in [4.69, 9.17) is 10.5 Å². The SMILES string of the molecule is CCCc1ccc(C(N)CN2CCOCC2CC)cc1. The van der Waals surface area contributed by atoms with Crippen molar-refractivity contribution in [3.63, 3.8) is 0 Å². The predicted molar refractivity (Wildman–Crippen MR) is 83.8 cm³/mol. The van der Waals surface area contributed by atoms with Crippen molar-refractivity contribution >= 4 is 0 Å². The topological polar surface area (TPSA) is 38.5 Å². The van der Waals surface area contributed by atoms with Crippen LogP contribution in [0.2, 0.25) is 0 Å². The van der Waals surface area contributed by atoms with Crippen molar-refractivity contribution in [2.75, 3.05) is 26.3 Å². The lowest BCUT2D eigenvalue weighted by atomic mass is 10.0. The van der Waals surface area contributed by atoms with E-state index in [1.807, 2.05) is 0 Å². The molecule has 1 aliphatic heterocycles. The zero-order valence-corrected chi connectivity index (χ0v) is 12.8. The average molecular weight is 276 g/mol. The van der Waals surface area contributed by atoms with Crippen LogP contribution in [0.15, 0.2) is 24.3 Å². The summed E-state index contributed by atoms with van der Waals surface area (Å²) in [6, 6.07) is 9.44. The molecular formula is C17H28N2O. The molecule has 0 aliphatic carbocycles. The smallest absolute Gasteiger partial charge is 0.0622 e. The van der Waals surface area contributed by atoms with Gasteiger partial charge in [-0.15, -0.1) is 0 Å². The normalized spacial score (nSPS) is 21.9. The molecule has 0 saturated carbocycles. The maximum absolute atomic E-state index is 6.38. The van der Waals surface area contributed by atoms with E-state index < -0.39 is 0 Å². The molecule has 1 saturated heterocycles. The third-order valence-corrected chi connectivity index (χ3v) is 4.20. The minimum Gasteiger partial charge on any atom is -0.378 e. The summed E-state index contributed by atoms with van der Waals surface area (Å²) in [7, 11) is 0. The molecule has 112 valence electrons. The van der Waals surface area contributed by atoms with E-state index in [1.165, 1.54) is 17.5 Å². The molecule has 0 aromatic heterocycles. The van der Waals surface area contributed by atoms with E-state index >= 15 is 0 Å². The molecule has 0 spiro atoms. The van der Waals surface area contributed by atoms with Gasteiger partial charge in [-0.05, 0) is 24.0 Å². The van der Waals surface area contributed by atoms with Gasteiger partial charge in [-0.2, -0.15) is 0 Å². The number of benzene rings is 1. The number of hydrogen-bond donors (Lipinski definition) is 1. The quantitative estimate of drug-likeness (QED) is 0.868. The summed E-state index contributed by atoms with van der Waals surface area (Å²) < 4.78 is 5.55. The zero-order valence-electron chi connectivity index (χ0n) is 12.8. The molecule has 2 atom stereocenters. The molecule has 0 bridgehead atoms. The van der Waals surface area contributed by atoms with Gasteiger partial charge in [0.15, 0.2) is 0 Å². The number of aryl methyl sites for hydroxylation is 1. The monoisotopic (exact) mass is 276 g/mol. The molecule has 2 rings (SSSR count). The van der Waals surface area contributed by atoms with Crippen LogP contribution in [0, 0.1) is 0 Å². The second-order valence-corrected chi connectivity index (χ2v) is 5.73. The highest BCUT2D eigenvalue weighted by molar-refractivity contribution is 5.25. The third kappa shape index (κ3) is 4.05. The van der Waals surface area contributed by atoms with Crippen molar-refractivity contribution in [2.45, 2.75) is 45.2 Å². The fourth-order valence-corrected chi connectivity index (χ4v) is 2.88. The van der Waals surface area contributed by atoms with Crippen LogP contribution in [0.25, 0.3) is 0 Å². The molecule has 2 unspecified atom stereocenters. The fourth-order valence-electron chi connectivity index (χ4n) is 2.88. The van der Waals surface area contributed by atoms with Gasteiger partial charge in [0.05, 0.1) is 13.2 Å². The van der Waals surface area contributed by atoms with E-state index in [9.17, 15) is 0 Å². The molecule has 1 aromatic rings. The van der Waals surface area contributed by atoms with Gasteiger partial charge in [0.2, 0.25) is 0 Å². The predicted octanol–water partition coefficient (Wildman–Crippen LogP) is 2.75. The first-order valence-electron chi connectivity index (χ1n) is 7.90. The Morgan fingerprint density at radius 3 is 2.70 bits per heavy atom. The molecule has 1 aliphatic rings. The fraction of sp³-hybridized carbons (Fsp3) is 0.647. The molecule has 20 heavy (non-hydrogen) atoms. The third-order valence-electron chi connectivity index (χ3n) is 4.20. The number of rotatable bonds is 6. The Bertz CT molecular complexity index is 390. The first-order valence-corrected chi connectivity index (χ1v) is 7.90. The number of nitrogens with zero attached hydrogens (tertiary/aromatic N) is 1. The number of morpholine rings is 1. The van der Waals surface area contributed by atoms with Gasteiger partial charge in [-0.1, -0.05) is 44.5 Å². The summed E-state index contributed by atoms with van der Waals surface area (Å²) in [6.45, 7) is 8.03. The van der Waals surface area contributed by atoms with Crippen LogP contribution < -0.4 is 5.73 Å². The largest absolute Gasteiger partial charge is 0.378 e. The van der Waals surface area contributed by atoms with Crippen molar-refractivity contribution in [3.8, 4) is 0 Å². The standard InChI is InChI=1S/C17H28N2O/c1-3-5-14-6-8-15(9-7-14)17(18)12-19-10-11-20-13-16(19)4-2/h6-9,16-17H,3-5,10-13,18H2,1-2H3. The van der Waals surface area contributed by atoms with Gasteiger partial charge in [-0.25, -0.2) is 0 Å². The highest BCUT2D eigenvalue weighted by atomic mass is 16.5. The van der Waals surface area contributed by atoms with Gasteiger partial charge in [0.1, 0.15) is 0 Å².